The van der Waals surface area contributed by atoms with Crippen LogP contribution in [0, 0.1) is 30.5 Å². The molecular weight excluding hydrogens is 495 g/mol. The van der Waals surface area contributed by atoms with Gasteiger partial charge in [-0.25, -0.2) is 24.3 Å². The fourth-order valence-electron chi connectivity index (χ4n) is 6.08. The van der Waals surface area contributed by atoms with E-state index in [1.165, 1.54) is 31.7 Å². The second kappa shape index (κ2) is 11.2. The molecule has 39 heavy (non-hydrogen) atoms. The van der Waals surface area contributed by atoms with Crippen LogP contribution >= 0.6 is 0 Å². The lowest BCUT2D eigenvalue weighted by Crippen LogP contribution is -2.37. The van der Waals surface area contributed by atoms with Crippen molar-refractivity contribution < 1.29 is 13.9 Å². The lowest BCUT2D eigenvalue weighted by atomic mass is 9.90. The molecule has 4 heterocycles. The Morgan fingerprint density at radius 2 is 1.92 bits per heavy atom. The van der Waals surface area contributed by atoms with E-state index in [4.69, 9.17) is 4.74 Å². The van der Waals surface area contributed by atoms with Crippen LogP contribution in [-0.2, 0) is 24.2 Å². The van der Waals surface area contributed by atoms with Gasteiger partial charge in [0.25, 0.3) is 0 Å². The van der Waals surface area contributed by atoms with E-state index in [2.05, 4.69) is 24.8 Å². The summed E-state index contributed by atoms with van der Waals surface area (Å²) in [6.07, 6.45) is 12.4. The number of halogens is 1. The second-order valence-corrected chi connectivity index (χ2v) is 11.2. The highest BCUT2D eigenvalue weighted by Crippen LogP contribution is 2.49. The molecule has 2 atom stereocenters. The van der Waals surface area contributed by atoms with Crippen molar-refractivity contribution in [2.75, 3.05) is 31.1 Å². The van der Waals surface area contributed by atoms with Gasteiger partial charge in [0.1, 0.15) is 17.9 Å². The van der Waals surface area contributed by atoms with Crippen LogP contribution < -0.4 is 9.64 Å². The number of anilines is 1. The van der Waals surface area contributed by atoms with Crippen LogP contribution in [0.25, 0.3) is 0 Å². The molecular formula is C30H35FN6O2. The van der Waals surface area contributed by atoms with E-state index in [0.29, 0.717) is 36.9 Å². The summed E-state index contributed by atoms with van der Waals surface area (Å²) >= 11 is 0. The topological polar surface area (TPSA) is 84.3 Å². The Labute approximate surface area is 228 Å². The molecule has 8 nitrogen and oxygen atoms in total. The second-order valence-electron chi connectivity index (χ2n) is 11.2. The summed E-state index contributed by atoms with van der Waals surface area (Å²) in [6, 6.07) is 4.86. The van der Waals surface area contributed by atoms with E-state index in [1.54, 1.807) is 23.2 Å². The number of fused-ring (bicyclic) bond motifs is 1. The van der Waals surface area contributed by atoms with Crippen molar-refractivity contribution in [1.82, 2.24) is 24.8 Å². The first-order valence-electron chi connectivity index (χ1n) is 14.0. The van der Waals surface area contributed by atoms with Crippen LogP contribution in [0.2, 0.25) is 0 Å². The minimum absolute atomic E-state index is 0.0329. The Balaban J connectivity index is 0.924. The highest BCUT2D eigenvalue weighted by molar-refractivity contribution is 5.79. The first-order valence-corrected chi connectivity index (χ1v) is 14.0. The average Bonchev–Trinajstić information content (AvgIpc) is 3.74. The number of carbonyl (C=O) groups excluding carboxylic acids is 1. The van der Waals surface area contributed by atoms with Crippen molar-refractivity contribution in [3.8, 4) is 5.75 Å². The molecule has 9 heteroatoms. The molecule has 0 unspecified atom stereocenters. The summed E-state index contributed by atoms with van der Waals surface area (Å²) in [5, 5.41) is 0. The van der Waals surface area contributed by atoms with Gasteiger partial charge in [-0.3, -0.25) is 4.79 Å². The van der Waals surface area contributed by atoms with Crippen LogP contribution in [0.4, 0.5) is 10.3 Å². The smallest absolute Gasteiger partial charge is 0.227 e. The number of aromatic nitrogens is 4. The number of benzene rings is 1. The predicted molar refractivity (Wildman–Crippen MR) is 145 cm³/mol. The van der Waals surface area contributed by atoms with Gasteiger partial charge < -0.3 is 14.5 Å². The number of piperidine rings is 1. The SMILES string of the molecule is Cc1cnc(N2CCC([C@H]3C[C@H]3CCOc3ccc(CC(=O)N4CCc5cncnc5C4)c(F)c3)CC2)nc1. The van der Waals surface area contributed by atoms with E-state index in [-0.39, 0.29) is 12.3 Å². The Hall–Kier alpha value is -3.62. The number of hydrogen-bond acceptors (Lipinski definition) is 7. The molecule has 1 aromatic carbocycles. The number of rotatable bonds is 8. The first-order chi connectivity index (χ1) is 19.0. The van der Waals surface area contributed by atoms with Gasteiger partial charge in [0, 0.05) is 44.3 Å². The molecule has 3 aromatic rings. The Morgan fingerprint density at radius 3 is 2.72 bits per heavy atom. The molecule has 204 valence electrons. The van der Waals surface area contributed by atoms with Crippen LogP contribution in [0.15, 0.2) is 43.1 Å². The number of hydrogen-bond donors (Lipinski definition) is 0. The molecule has 1 saturated carbocycles. The molecule has 1 saturated heterocycles. The standard InChI is InChI=1S/C30H35FN6O2/c1-20-15-33-30(34-16-20)36-8-4-21(5-9-36)26-12-22(26)7-11-39-25-3-2-23(27(31)14-25)13-29(38)37-10-6-24-17-32-19-35-28(24)18-37/h2-3,14-17,19,21-22,26H,4-13,18H2,1H3/t22-,26-/m1/s1. The maximum Gasteiger partial charge on any atom is 0.227 e. The summed E-state index contributed by atoms with van der Waals surface area (Å²) in [5.41, 5.74) is 3.42. The zero-order chi connectivity index (χ0) is 26.8. The monoisotopic (exact) mass is 530 g/mol. The number of aryl methyl sites for hydroxylation is 1. The van der Waals surface area contributed by atoms with Crippen molar-refractivity contribution in [3.05, 3.63) is 71.3 Å². The molecule has 0 bridgehead atoms. The maximum atomic E-state index is 14.8. The van der Waals surface area contributed by atoms with Crippen LogP contribution in [0.3, 0.4) is 0 Å². The van der Waals surface area contributed by atoms with Crippen molar-refractivity contribution in [2.45, 2.75) is 52.0 Å². The minimum atomic E-state index is -0.394. The molecule has 1 amide bonds. The molecule has 2 fully saturated rings. The van der Waals surface area contributed by atoms with Gasteiger partial charge in [0.2, 0.25) is 11.9 Å². The first kappa shape index (κ1) is 25.6. The maximum absolute atomic E-state index is 14.8. The van der Waals surface area contributed by atoms with Gasteiger partial charge in [-0.05, 0) is 79.5 Å². The third-order valence-electron chi connectivity index (χ3n) is 8.52. The molecule has 0 N–H and O–H groups in total. The lowest BCUT2D eigenvalue weighted by molar-refractivity contribution is -0.131. The van der Waals surface area contributed by atoms with E-state index >= 15 is 0 Å². The highest BCUT2D eigenvalue weighted by Gasteiger charge is 2.43. The van der Waals surface area contributed by atoms with Crippen LogP contribution in [0.5, 0.6) is 5.75 Å². The molecule has 1 aliphatic carbocycles. The minimum Gasteiger partial charge on any atom is -0.493 e. The zero-order valence-electron chi connectivity index (χ0n) is 22.4. The van der Waals surface area contributed by atoms with Gasteiger partial charge in [-0.1, -0.05) is 6.07 Å². The van der Waals surface area contributed by atoms with Crippen LogP contribution in [0.1, 0.15) is 48.1 Å². The number of ether oxygens (including phenoxy) is 1. The van der Waals surface area contributed by atoms with Crippen molar-refractivity contribution in [3.63, 3.8) is 0 Å². The highest BCUT2D eigenvalue weighted by atomic mass is 19.1. The third kappa shape index (κ3) is 6.02. The Kier molecular flexibility index (Phi) is 7.39. The molecule has 3 aliphatic rings. The van der Waals surface area contributed by atoms with Crippen LogP contribution in [-0.4, -0.2) is 57.0 Å². The van der Waals surface area contributed by atoms with E-state index < -0.39 is 5.82 Å². The molecule has 2 aliphatic heterocycles. The number of nitrogens with zero attached hydrogens (tertiary/aromatic N) is 6. The van der Waals surface area contributed by atoms with Gasteiger partial charge in [-0.2, -0.15) is 0 Å². The third-order valence-corrected chi connectivity index (χ3v) is 8.52. The summed E-state index contributed by atoms with van der Waals surface area (Å²) in [5.74, 6) is 3.10. The molecule has 2 aromatic heterocycles. The summed E-state index contributed by atoms with van der Waals surface area (Å²) < 4.78 is 20.7. The van der Waals surface area contributed by atoms with E-state index in [9.17, 15) is 9.18 Å². The van der Waals surface area contributed by atoms with E-state index in [0.717, 1.165) is 60.5 Å². The normalized spacial score (nSPS) is 21.0. The van der Waals surface area contributed by atoms with E-state index in [1.807, 2.05) is 19.3 Å². The molecule has 0 radical (unpaired) electrons. The lowest BCUT2D eigenvalue weighted by Gasteiger charge is -2.32. The van der Waals surface area contributed by atoms with Gasteiger partial charge in [0.05, 0.1) is 25.3 Å². The van der Waals surface area contributed by atoms with Crippen molar-refractivity contribution in [2.24, 2.45) is 17.8 Å². The fourth-order valence-corrected chi connectivity index (χ4v) is 6.08. The predicted octanol–water partition coefficient (Wildman–Crippen LogP) is 4.16. The van der Waals surface area contributed by atoms with Gasteiger partial charge >= 0.3 is 0 Å². The van der Waals surface area contributed by atoms with Gasteiger partial charge in [0.15, 0.2) is 0 Å². The Bertz CT molecular complexity index is 1310. The molecule has 0 spiro atoms. The Morgan fingerprint density at radius 1 is 1.10 bits per heavy atom. The number of amides is 1. The van der Waals surface area contributed by atoms with Crippen molar-refractivity contribution in [1.29, 1.82) is 0 Å². The van der Waals surface area contributed by atoms with Crippen molar-refractivity contribution >= 4 is 11.9 Å². The average molecular weight is 531 g/mol. The summed E-state index contributed by atoms with van der Waals surface area (Å²) in [4.78, 5) is 34.1. The fraction of sp³-hybridized carbons (Fsp3) is 0.500. The number of carbonyl (C=O) groups is 1. The quantitative estimate of drug-likeness (QED) is 0.432. The molecule has 6 rings (SSSR count). The summed E-state index contributed by atoms with van der Waals surface area (Å²) in [6.45, 7) is 5.67. The van der Waals surface area contributed by atoms with Gasteiger partial charge in [-0.15, -0.1) is 0 Å². The zero-order valence-corrected chi connectivity index (χ0v) is 22.4. The summed E-state index contributed by atoms with van der Waals surface area (Å²) in [7, 11) is 0. The largest absolute Gasteiger partial charge is 0.493 e.